The molecule has 1 rings (SSSR count). The van der Waals surface area contributed by atoms with Gasteiger partial charge in [0.2, 0.25) is 0 Å². The van der Waals surface area contributed by atoms with E-state index in [0.717, 1.165) is 0 Å². The average Bonchev–Trinajstić information content (AvgIpc) is 2.14. The van der Waals surface area contributed by atoms with Gasteiger partial charge >= 0.3 is 0 Å². The van der Waals surface area contributed by atoms with Gasteiger partial charge in [-0.25, -0.2) is 8.78 Å². The van der Waals surface area contributed by atoms with Crippen molar-refractivity contribution >= 4 is 11.9 Å². The van der Waals surface area contributed by atoms with Gasteiger partial charge in [-0.2, -0.15) is 0 Å². The number of nitrogens with one attached hydrogen (secondary N) is 1. The van der Waals surface area contributed by atoms with E-state index in [9.17, 15) is 8.78 Å². The molecular formula is C8H16F2N2OS. The summed E-state index contributed by atoms with van der Waals surface area (Å²) in [5.74, 6) is 0. The molecule has 1 N–H and O–H groups in total. The molecule has 0 spiro atoms. The van der Waals surface area contributed by atoms with E-state index >= 15 is 0 Å². The molecule has 1 atom stereocenters. The standard InChI is InChI=1S/C8H16F2N2OS/c1-14-11-4-7-5-12(2-3-13-7)6-8(9)10/h7-8,11H,2-6H2,1H3. The summed E-state index contributed by atoms with van der Waals surface area (Å²) in [7, 11) is 0. The quantitative estimate of drug-likeness (QED) is 0.701. The van der Waals surface area contributed by atoms with Crippen molar-refractivity contribution in [2.75, 3.05) is 39.0 Å². The summed E-state index contributed by atoms with van der Waals surface area (Å²) in [6.07, 6.45) is -0.281. The number of hydrogen-bond donors (Lipinski definition) is 1. The third-order valence-corrected chi connectivity index (χ3v) is 2.53. The Morgan fingerprint density at radius 3 is 3.07 bits per heavy atom. The zero-order chi connectivity index (χ0) is 10.4. The van der Waals surface area contributed by atoms with E-state index in [1.165, 1.54) is 11.9 Å². The van der Waals surface area contributed by atoms with E-state index in [1.54, 1.807) is 4.90 Å². The zero-order valence-corrected chi connectivity index (χ0v) is 9.03. The highest BCUT2D eigenvalue weighted by atomic mass is 32.2. The first kappa shape index (κ1) is 12.2. The molecule has 1 aliphatic heterocycles. The third kappa shape index (κ3) is 4.54. The molecule has 1 heterocycles. The van der Waals surface area contributed by atoms with Gasteiger partial charge in [-0.1, -0.05) is 11.9 Å². The van der Waals surface area contributed by atoms with Crippen LogP contribution in [0.4, 0.5) is 8.78 Å². The van der Waals surface area contributed by atoms with Crippen LogP contribution in [0.1, 0.15) is 0 Å². The Morgan fingerprint density at radius 2 is 2.43 bits per heavy atom. The lowest BCUT2D eigenvalue weighted by atomic mass is 10.3. The molecule has 1 fully saturated rings. The minimum Gasteiger partial charge on any atom is -0.374 e. The first-order chi connectivity index (χ1) is 6.72. The number of hydrogen-bond acceptors (Lipinski definition) is 4. The van der Waals surface area contributed by atoms with Crippen molar-refractivity contribution in [2.45, 2.75) is 12.5 Å². The Labute approximate surface area is 87.3 Å². The third-order valence-electron chi connectivity index (χ3n) is 2.07. The number of ether oxygens (including phenoxy) is 1. The van der Waals surface area contributed by atoms with Crippen LogP contribution in [0, 0.1) is 0 Å². The van der Waals surface area contributed by atoms with Gasteiger partial charge in [-0.15, -0.1) is 0 Å². The van der Waals surface area contributed by atoms with Gasteiger partial charge in [0.25, 0.3) is 6.43 Å². The Bertz CT molecular complexity index is 162. The average molecular weight is 226 g/mol. The van der Waals surface area contributed by atoms with E-state index < -0.39 is 6.43 Å². The second kappa shape index (κ2) is 6.55. The number of alkyl halides is 2. The predicted octanol–water partition coefficient (Wildman–Crippen LogP) is 0.820. The summed E-state index contributed by atoms with van der Waals surface area (Å²) in [5.41, 5.74) is 0. The van der Waals surface area contributed by atoms with Crippen molar-refractivity contribution in [3.05, 3.63) is 0 Å². The fraction of sp³-hybridized carbons (Fsp3) is 1.00. The van der Waals surface area contributed by atoms with Gasteiger partial charge in [0.1, 0.15) is 0 Å². The maximum Gasteiger partial charge on any atom is 0.251 e. The van der Waals surface area contributed by atoms with Crippen molar-refractivity contribution in [1.29, 1.82) is 0 Å². The zero-order valence-electron chi connectivity index (χ0n) is 8.21. The molecule has 1 saturated heterocycles. The lowest BCUT2D eigenvalue weighted by molar-refractivity contribution is -0.0412. The Morgan fingerprint density at radius 1 is 1.64 bits per heavy atom. The number of halogens is 2. The maximum absolute atomic E-state index is 12.1. The Hall–Kier alpha value is 0.0900. The van der Waals surface area contributed by atoms with Crippen LogP contribution >= 0.6 is 11.9 Å². The highest BCUT2D eigenvalue weighted by molar-refractivity contribution is 7.96. The summed E-state index contributed by atoms with van der Waals surface area (Å²) in [6.45, 7) is 2.32. The number of morpholine rings is 1. The molecule has 14 heavy (non-hydrogen) atoms. The first-order valence-corrected chi connectivity index (χ1v) is 5.82. The Balaban J connectivity index is 2.21. The summed E-state index contributed by atoms with van der Waals surface area (Å²) >= 11 is 1.51. The van der Waals surface area contributed by atoms with Gasteiger partial charge in [0.15, 0.2) is 0 Å². The van der Waals surface area contributed by atoms with Crippen LogP contribution in [-0.4, -0.2) is 56.5 Å². The van der Waals surface area contributed by atoms with Crippen molar-refractivity contribution in [3.63, 3.8) is 0 Å². The van der Waals surface area contributed by atoms with E-state index in [0.29, 0.717) is 26.2 Å². The Kier molecular flexibility index (Phi) is 5.69. The molecule has 0 radical (unpaired) electrons. The normalized spacial score (nSPS) is 24.4. The van der Waals surface area contributed by atoms with Gasteiger partial charge in [0, 0.05) is 19.6 Å². The molecule has 0 aromatic rings. The van der Waals surface area contributed by atoms with Gasteiger partial charge < -0.3 is 4.74 Å². The topological polar surface area (TPSA) is 24.5 Å². The molecule has 0 aromatic heterocycles. The molecule has 0 saturated carbocycles. The molecule has 0 aliphatic carbocycles. The lowest BCUT2D eigenvalue weighted by Crippen LogP contribution is -2.47. The van der Waals surface area contributed by atoms with Crippen molar-refractivity contribution in [3.8, 4) is 0 Å². The van der Waals surface area contributed by atoms with E-state index in [2.05, 4.69) is 4.72 Å². The SMILES string of the molecule is CSNCC1CN(CC(F)F)CCO1. The second-order valence-corrected chi connectivity index (χ2v) is 3.89. The monoisotopic (exact) mass is 226 g/mol. The van der Waals surface area contributed by atoms with Gasteiger partial charge in [0.05, 0.1) is 19.3 Å². The fourth-order valence-corrected chi connectivity index (χ4v) is 1.79. The summed E-state index contributed by atoms with van der Waals surface area (Å²) in [4.78, 5) is 1.75. The summed E-state index contributed by atoms with van der Waals surface area (Å²) < 4.78 is 32.7. The molecule has 84 valence electrons. The van der Waals surface area contributed by atoms with Crippen molar-refractivity contribution < 1.29 is 13.5 Å². The van der Waals surface area contributed by atoms with E-state index in [4.69, 9.17) is 4.74 Å². The molecule has 0 aromatic carbocycles. The molecule has 6 heteroatoms. The van der Waals surface area contributed by atoms with Gasteiger partial charge in [-0.3, -0.25) is 9.62 Å². The minimum absolute atomic E-state index is 0.0370. The predicted molar refractivity (Wildman–Crippen MR) is 53.7 cm³/mol. The lowest BCUT2D eigenvalue weighted by Gasteiger charge is -2.32. The highest BCUT2D eigenvalue weighted by Gasteiger charge is 2.22. The molecule has 1 unspecified atom stereocenters. The summed E-state index contributed by atoms with van der Waals surface area (Å²) in [5, 5.41) is 0. The van der Waals surface area contributed by atoms with Crippen molar-refractivity contribution in [2.24, 2.45) is 0 Å². The van der Waals surface area contributed by atoms with Crippen LogP contribution in [0.3, 0.4) is 0 Å². The van der Waals surface area contributed by atoms with E-state index in [1.807, 2.05) is 6.26 Å². The van der Waals surface area contributed by atoms with Crippen LogP contribution in [0.15, 0.2) is 0 Å². The molecule has 3 nitrogen and oxygen atoms in total. The number of rotatable bonds is 5. The van der Waals surface area contributed by atoms with E-state index in [-0.39, 0.29) is 12.6 Å². The second-order valence-electron chi connectivity index (χ2n) is 3.20. The van der Waals surface area contributed by atoms with Crippen molar-refractivity contribution in [1.82, 2.24) is 9.62 Å². The largest absolute Gasteiger partial charge is 0.374 e. The van der Waals surface area contributed by atoms with Crippen LogP contribution < -0.4 is 4.72 Å². The molecule has 0 amide bonds. The van der Waals surface area contributed by atoms with Crippen LogP contribution in [0.25, 0.3) is 0 Å². The molecule has 1 aliphatic rings. The maximum atomic E-state index is 12.1. The van der Waals surface area contributed by atoms with Crippen LogP contribution in [-0.2, 0) is 4.74 Å². The van der Waals surface area contributed by atoms with Crippen LogP contribution in [0.5, 0.6) is 0 Å². The minimum atomic E-state index is -2.25. The highest BCUT2D eigenvalue weighted by Crippen LogP contribution is 2.07. The fourth-order valence-electron chi connectivity index (χ4n) is 1.44. The first-order valence-electron chi connectivity index (χ1n) is 4.60. The molecule has 0 bridgehead atoms. The summed E-state index contributed by atoms with van der Waals surface area (Å²) in [6, 6.07) is 0. The van der Waals surface area contributed by atoms with Gasteiger partial charge in [-0.05, 0) is 6.26 Å². The van der Waals surface area contributed by atoms with Crippen LogP contribution in [0.2, 0.25) is 0 Å². The smallest absolute Gasteiger partial charge is 0.251 e. The molecular weight excluding hydrogens is 210 g/mol. The number of nitrogens with zero attached hydrogens (tertiary/aromatic N) is 1.